The fraction of sp³-hybridized carbons (Fsp3) is 0.280. The first-order valence-corrected chi connectivity index (χ1v) is 9.71. The third-order valence-electron chi connectivity index (χ3n) is 5.47. The van der Waals surface area contributed by atoms with Gasteiger partial charge in [0.1, 0.15) is 0 Å². The van der Waals surface area contributed by atoms with Crippen LogP contribution in [-0.4, -0.2) is 12.1 Å². The van der Waals surface area contributed by atoms with E-state index in [1.54, 1.807) is 0 Å². The van der Waals surface area contributed by atoms with Crippen LogP contribution in [0.3, 0.4) is 0 Å². The zero-order valence-corrected chi connectivity index (χ0v) is 16.8. The predicted molar refractivity (Wildman–Crippen MR) is 115 cm³/mol. The minimum absolute atomic E-state index is 0.198. The smallest absolute Gasteiger partial charge is 0.0530 e. The van der Waals surface area contributed by atoms with Gasteiger partial charge in [0.2, 0.25) is 0 Å². The van der Waals surface area contributed by atoms with Gasteiger partial charge in [0.05, 0.1) is 6.04 Å². The summed E-state index contributed by atoms with van der Waals surface area (Å²) in [6.07, 6.45) is 0. The molecule has 3 aromatic rings. The summed E-state index contributed by atoms with van der Waals surface area (Å²) >= 11 is 0. The summed E-state index contributed by atoms with van der Waals surface area (Å²) in [6.45, 7) is 6.67. The van der Waals surface area contributed by atoms with Crippen molar-refractivity contribution in [3.63, 3.8) is 0 Å². The number of nitrogens with one attached hydrogen (secondary N) is 1. The fourth-order valence-electron chi connectivity index (χ4n) is 3.48. The normalized spacial score (nSPS) is 14.7. The Morgan fingerprint density at radius 2 is 1.19 bits per heavy atom. The monoisotopic (exact) mass is 358 g/mol. The van der Waals surface area contributed by atoms with Gasteiger partial charge in [-0.3, -0.25) is 0 Å². The highest BCUT2D eigenvalue weighted by Crippen LogP contribution is 2.32. The molecule has 1 N–H and O–H groups in total. The Morgan fingerprint density at radius 3 is 1.74 bits per heavy atom. The average molecular weight is 359 g/mol. The summed E-state index contributed by atoms with van der Waals surface area (Å²) in [7, 11) is 2.14. The van der Waals surface area contributed by atoms with Crippen LogP contribution in [0.25, 0.3) is 0 Å². The van der Waals surface area contributed by atoms with Crippen molar-refractivity contribution in [3.8, 4) is 0 Å². The highest BCUT2D eigenvalue weighted by atomic mass is 15.5. The third-order valence-corrected chi connectivity index (χ3v) is 5.47. The Bertz CT molecular complexity index is 812. The van der Waals surface area contributed by atoms with E-state index < -0.39 is 0 Å². The van der Waals surface area contributed by atoms with Crippen LogP contribution in [0.2, 0.25) is 0 Å². The molecule has 0 fully saturated rings. The maximum atomic E-state index is 3.78. The molecule has 0 spiro atoms. The lowest BCUT2D eigenvalue weighted by Crippen LogP contribution is -2.41. The lowest BCUT2D eigenvalue weighted by atomic mass is 9.88. The van der Waals surface area contributed by atoms with Gasteiger partial charge in [-0.05, 0) is 30.5 Å². The summed E-state index contributed by atoms with van der Waals surface area (Å²) in [5.74, 6) is 0.347. The summed E-state index contributed by atoms with van der Waals surface area (Å²) in [5.41, 5.74) is 9.03. The zero-order valence-electron chi connectivity index (χ0n) is 16.8. The number of rotatable bonds is 7. The molecule has 0 aromatic heterocycles. The van der Waals surface area contributed by atoms with Crippen LogP contribution in [0, 0.1) is 6.92 Å². The molecule has 0 radical (unpaired) electrons. The van der Waals surface area contributed by atoms with Gasteiger partial charge in [-0.25, -0.2) is 10.4 Å². The Labute approximate surface area is 163 Å². The van der Waals surface area contributed by atoms with Crippen LogP contribution in [-0.2, 0) is 0 Å². The Balaban J connectivity index is 1.86. The molecule has 0 amide bonds. The number of nitrogens with zero attached hydrogens (tertiary/aromatic N) is 1. The highest BCUT2D eigenvalue weighted by molar-refractivity contribution is 5.29. The van der Waals surface area contributed by atoms with Gasteiger partial charge >= 0.3 is 0 Å². The van der Waals surface area contributed by atoms with Crippen molar-refractivity contribution in [2.24, 2.45) is 0 Å². The van der Waals surface area contributed by atoms with Crippen LogP contribution >= 0.6 is 0 Å². The number of hydrogen-bond acceptors (Lipinski definition) is 2. The molecule has 0 saturated heterocycles. The molecule has 3 aromatic carbocycles. The molecule has 0 aliphatic rings. The molecule has 2 heteroatoms. The van der Waals surface area contributed by atoms with E-state index in [-0.39, 0.29) is 12.1 Å². The summed E-state index contributed by atoms with van der Waals surface area (Å²) in [6, 6.07) is 30.7. The van der Waals surface area contributed by atoms with Gasteiger partial charge in [-0.2, -0.15) is 0 Å². The first kappa shape index (κ1) is 19.3. The van der Waals surface area contributed by atoms with E-state index in [4.69, 9.17) is 0 Å². The summed E-state index contributed by atoms with van der Waals surface area (Å²) in [5, 5.41) is 2.24. The number of aryl methyl sites for hydroxylation is 1. The first-order chi connectivity index (χ1) is 13.1. The van der Waals surface area contributed by atoms with Gasteiger partial charge < -0.3 is 0 Å². The Kier molecular flexibility index (Phi) is 6.44. The molecule has 0 bridgehead atoms. The topological polar surface area (TPSA) is 15.3 Å². The van der Waals surface area contributed by atoms with Crippen molar-refractivity contribution >= 4 is 0 Å². The summed E-state index contributed by atoms with van der Waals surface area (Å²) in [4.78, 5) is 0. The molecule has 27 heavy (non-hydrogen) atoms. The fourth-order valence-corrected chi connectivity index (χ4v) is 3.48. The van der Waals surface area contributed by atoms with Crippen LogP contribution in [0.5, 0.6) is 0 Å². The van der Waals surface area contributed by atoms with Crippen molar-refractivity contribution in [2.75, 3.05) is 7.05 Å². The van der Waals surface area contributed by atoms with E-state index in [0.29, 0.717) is 5.92 Å². The number of hydrazine groups is 1. The molecule has 140 valence electrons. The maximum Gasteiger partial charge on any atom is 0.0530 e. The second-order valence-electron chi connectivity index (χ2n) is 7.41. The van der Waals surface area contributed by atoms with E-state index in [9.17, 15) is 0 Å². The second-order valence-corrected chi connectivity index (χ2v) is 7.41. The first-order valence-electron chi connectivity index (χ1n) is 9.71. The molecule has 0 heterocycles. The van der Waals surface area contributed by atoms with Crippen molar-refractivity contribution in [1.29, 1.82) is 0 Å². The molecule has 0 saturated carbocycles. The standard InChI is InChI=1S/C25H30N2/c1-19-15-17-24(18-16-19)25(20(2)22-11-7-5-8-12-22)26-27(4)21(3)23-13-9-6-10-14-23/h5-18,20-21,25-26H,1-4H3. The van der Waals surface area contributed by atoms with Gasteiger partial charge in [0.15, 0.2) is 0 Å². The maximum absolute atomic E-state index is 3.78. The van der Waals surface area contributed by atoms with Crippen LogP contribution in [0.4, 0.5) is 0 Å². The Hall–Kier alpha value is -2.42. The van der Waals surface area contributed by atoms with Crippen LogP contribution in [0.15, 0.2) is 84.9 Å². The Morgan fingerprint density at radius 1 is 0.667 bits per heavy atom. The average Bonchev–Trinajstić information content (AvgIpc) is 2.73. The quantitative estimate of drug-likeness (QED) is 0.518. The highest BCUT2D eigenvalue weighted by Gasteiger charge is 2.24. The predicted octanol–water partition coefficient (Wildman–Crippen LogP) is 6.04. The second kappa shape index (κ2) is 8.98. The van der Waals surface area contributed by atoms with E-state index in [2.05, 4.69) is 123 Å². The molecule has 3 atom stereocenters. The molecular weight excluding hydrogens is 328 g/mol. The van der Waals surface area contributed by atoms with E-state index >= 15 is 0 Å². The van der Waals surface area contributed by atoms with Crippen molar-refractivity contribution in [3.05, 3.63) is 107 Å². The minimum atomic E-state index is 0.198. The van der Waals surface area contributed by atoms with Gasteiger partial charge in [-0.15, -0.1) is 0 Å². The summed E-state index contributed by atoms with van der Waals surface area (Å²) < 4.78 is 0. The van der Waals surface area contributed by atoms with Crippen molar-refractivity contribution in [1.82, 2.24) is 10.4 Å². The van der Waals surface area contributed by atoms with E-state index in [0.717, 1.165) is 0 Å². The molecular formula is C25H30N2. The minimum Gasteiger partial charge on any atom is -0.247 e. The number of benzene rings is 3. The van der Waals surface area contributed by atoms with E-state index in [1.807, 2.05) is 0 Å². The van der Waals surface area contributed by atoms with Crippen LogP contribution in [0.1, 0.15) is 54.1 Å². The van der Waals surface area contributed by atoms with Crippen molar-refractivity contribution < 1.29 is 0 Å². The van der Waals surface area contributed by atoms with E-state index in [1.165, 1.54) is 22.3 Å². The zero-order chi connectivity index (χ0) is 19.2. The van der Waals surface area contributed by atoms with Gasteiger partial charge in [-0.1, -0.05) is 97.4 Å². The van der Waals surface area contributed by atoms with Gasteiger partial charge in [0, 0.05) is 19.0 Å². The molecule has 2 nitrogen and oxygen atoms in total. The van der Waals surface area contributed by atoms with Gasteiger partial charge in [0.25, 0.3) is 0 Å². The molecule has 0 aliphatic heterocycles. The molecule has 0 aliphatic carbocycles. The van der Waals surface area contributed by atoms with Crippen LogP contribution < -0.4 is 5.43 Å². The SMILES string of the molecule is Cc1ccc(C(NN(C)C(C)c2ccccc2)C(C)c2ccccc2)cc1. The number of hydrogen-bond donors (Lipinski definition) is 1. The lowest BCUT2D eigenvalue weighted by Gasteiger charge is -2.34. The van der Waals surface area contributed by atoms with Crippen molar-refractivity contribution in [2.45, 2.75) is 38.8 Å². The molecule has 3 unspecified atom stereocenters. The molecule has 3 rings (SSSR count). The lowest BCUT2D eigenvalue weighted by molar-refractivity contribution is 0.137. The third kappa shape index (κ3) is 4.85. The largest absolute Gasteiger partial charge is 0.247 e.